The summed E-state index contributed by atoms with van der Waals surface area (Å²) in [5, 5.41) is 6.63. The molecule has 1 aliphatic heterocycles. The summed E-state index contributed by atoms with van der Waals surface area (Å²) in [6.07, 6.45) is 3.03. The lowest BCUT2D eigenvalue weighted by atomic mass is 10.2. The number of aromatic nitrogens is 2. The average Bonchev–Trinajstić information content (AvgIpc) is 2.66. The van der Waals surface area contributed by atoms with Gasteiger partial charge in [-0.25, -0.2) is 9.97 Å². The van der Waals surface area contributed by atoms with Gasteiger partial charge in [0.05, 0.1) is 18.8 Å². The normalized spacial score (nSPS) is 14.8. The fourth-order valence-electron chi connectivity index (χ4n) is 2.61. The van der Waals surface area contributed by atoms with Crippen LogP contribution in [0.5, 0.6) is 0 Å². The zero-order valence-electron chi connectivity index (χ0n) is 14.7. The van der Waals surface area contributed by atoms with Crippen molar-refractivity contribution in [1.82, 2.24) is 20.2 Å². The molecule has 1 aromatic carbocycles. The Hall–Kier alpha value is -2.22. The highest BCUT2D eigenvalue weighted by Gasteiger charge is 2.11. The van der Waals surface area contributed by atoms with E-state index in [4.69, 9.17) is 16.3 Å². The number of ether oxygens (including phenoxy) is 1. The van der Waals surface area contributed by atoms with Gasteiger partial charge < -0.3 is 15.4 Å². The summed E-state index contributed by atoms with van der Waals surface area (Å²) in [5.74, 6) is 0.240. The van der Waals surface area contributed by atoms with Crippen LogP contribution in [-0.2, 0) is 4.74 Å². The van der Waals surface area contributed by atoms with Crippen molar-refractivity contribution in [3.05, 3.63) is 46.7 Å². The number of hydrogen-bond acceptors (Lipinski definition) is 6. The first-order valence-electron chi connectivity index (χ1n) is 8.55. The molecule has 138 valence electrons. The summed E-state index contributed by atoms with van der Waals surface area (Å²) in [4.78, 5) is 22.9. The van der Waals surface area contributed by atoms with E-state index in [1.54, 1.807) is 0 Å². The van der Waals surface area contributed by atoms with Gasteiger partial charge in [-0.1, -0.05) is 17.7 Å². The predicted octanol–water partition coefficient (Wildman–Crippen LogP) is 2.24. The zero-order chi connectivity index (χ0) is 18.4. The summed E-state index contributed by atoms with van der Waals surface area (Å²) in [5.41, 5.74) is 2.29. The molecule has 0 spiro atoms. The van der Waals surface area contributed by atoms with Crippen molar-refractivity contribution in [1.29, 1.82) is 0 Å². The molecule has 0 saturated carbocycles. The van der Waals surface area contributed by atoms with E-state index in [1.807, 2.05) is 25.1 Å². The topological polar surface area (TPSA) is 79.4 Å². The molecule has 3 rings (SSSR count). The van der Waals surface area contributed by atoms with Crippen LogP contribution in [0, 0.1) is 6.92 Å². The largest absolute Gasteiger partial charge is 0.379 e. The number of morpholine rings is 1. The van der Waals surface area contributed by atoms with E-state index >= 15 is 0 Å². The van der Waals surface area contributed by atoms with Crippen molar-refractivity contribution in [3.8, 4) is 0 Å². The van der Waals surface area contributed by atoms with Crippen LogP contribution >= 0.6 is 11.6 Å². The van der Waals surface area contributed by atoms with Crippen LogP contribution in [0.25, 0.3) is 0 Å². The predicted molar refractivity (Wildman–Crippen MR) is 101 cm³/mol. The third-order valence-electron chi connectivity index (χ3n) is 4.18. The summed E-state index contributed by atoms with van der Waals surface area (Å²) in [7, 11) is 0. The van der Waals surface area contributed by atoms with Gasteiger partial charge in [-0.05, 0) is 24.6 Å². The molecule has 0 bridgehead atoms. The highest BCUT2D eigenvalue weighted by Crippen LogP contribution is 2.22. The van der Waals surface area contributed by atoms with Crippen LogP contribution in [-0.4, -0.2) is 60.2 Å². The second-order valence-corrected chi connectivity index (χ2v) is 6.53. The Balaban J connectivity index is 1.51. The minimum Gasteiger partial charge on any atom is -0.379 e. The molecule has 0 unspecified atom stereocenters. The zero-order valence-corrected chi connectivity index (χ0v) is 15.4. The number of nitrogens with one attached hydrogen (secondary N) is 2. The lowest BCUT2D eigenvalue weighted by molar-refractivity contribution is 0.0383. The van der Waals surface area contributed by atoms with Gasteiger partial charge in [0, 0.05) is 49.3 Å². The molecular formula is C18H22ClN5O2. The van der Waals surface area contributed by atoms with E-state index in [-0.39, 0.29) is 5.91 Å². The highest BCUT2D eigenvalue weighted by atomic mass is 35.5. The molecule has 1 amide bonds. The van der Waals surface area contributed by atoms with Gasteiger partial charge in [0.1, 0.15) is 0 Å². The number of carbonyl (C=O) groups excluding carboxylic acids is 1. The standard InChI is InChI=1S/C18H22ClN5O2/c1-13-2-3-15(19)10-16(13)23-18-21-11-14(12-22-18)17(25)20-4-5-24-6-8-26-9-7-24/h2-3,10-12H,4-9H2,1H3,(H,20,25)(H,21,22,23). The molecule has 7 nitrogen and oxygen atoms in total. The molecule has 2 N–H and O–H groups in total. The third-order valence-corrected chi connectivity index (χ3v) is 4.41. The Labute approximate surface area is 157 Å². The smallest absolute Gasteiger partial charge is 0.254 e. The minimum atomic E-state index is -0.177. The van der Waals surface area contributed by atoms with Crippen LogP contribution in [0.3, 0.4) is 0 Å². The molecule has 0 radical (unpaired) electrons. The van der Waals surface area contributed by atoms with Crippen molar-refractivity contribution < 1.29 is 9.53 Å². The first-order chi connectivity index (χ1) is 12.6. The van der Waals surface area contributed by atoms with Gasteiger partial charge in [0.2, 0.25) is 5.95 Å². The monoisotopic (exact) mass is 375 g/mol. The Bertz CT molecular complexity index is 748. The average molecular weight is 376 g/mol. The molecule has 8 heteroatoms. The van der Waals surface area contributed by atoms with Gasteiger partial charge in [0.15, 0.2) is 0 Å². The van der Waals surface area contributed by atoms with Crippen molar-refractivity contribution >= 4 is 29.1 Å². The van der Waals surface area contributed by atoms with Crippen LogP contribution in [0.4, 0.5) is 11.6 Å². The summed E-state index contributed by atoms with van der Waals surface area (Å²) in [6, 6.07) is 5.56. The third kappa shape index (κ3) is 5.14. The lowest BCUT2D eigenvalue weighted by Crippen LogP contribution is -2.41. The molecule has 1 fully saturated rings. The number of nitrogens with zero attached hydrogens (tertiary/aromatic N) is 3. The Kier molecular flexibility index (Phi) is 6.38. The molecule has 2 aromatic rings. The fraction of sp³-hybridized carbons (Fsp3) is 0.389. The number of rotatable bonds is 6. The Morgan fingerprint density at radius 1 is 1.27 bits per heavy atom. The van der Waals surface area contributed by atoms with Gasteiger partial charge in [-0.15, -0.1) is 0 Å². The van der Waals surface area contributed by atoms with Crippen LogP contribution in [0.1, 0.15) is 15.9 Å². The first kappa shape index (κ1) is 18.6. The molecule has 0 aliphatic carbocycles. The Morgan fingerprint density at radius 2 is 2.00 bits per heavy atom. The number of anilines is 2. The summed E-state index contributed by atoms with van der Waals surface area (Å²) in [6.45, 7) is 6.67. The second kappa shape index (κ2) is 8.93. The molecule has 1 aliphatic rings. The summed E-state index contributed by atoms with van der Waals surface area (Å²) < 4.78 is 5.31. The van der Waals surface area contributed by atoms with Crippen LogP contribution < -0.4 is 10.6 Å². The van der Waals surface area contributed by atoms with Gasteiger partial charge in [-0.3, -0.25) is 9.69 Å². The van der Waals surface area contributed by atoms with E-state index in [9.17, 15) is 4.79 Å². The van der Waals surface area contributed by atoms with Crippen molar-refractivity contribution in [2.24, 2.45) is 0 Å². The number of carbonyl (C=O) groups is 1. The van der Waals surface area contributed by atoms with Gasteiger partial charge in [-0.2, -0.15) is 0 Å². The van der Waals surface area contributed by atoms with Gasteiger partial charge in [0.25, 0.3) is 5.91 Å². The minimum absolute atomic E-state index is 0.177. The maximum Gasteiger partial charge on any atom is 0.254 e. The first-order valence-corrected chi connectivity index (χ1v) is 8.93. The van der Waals surface area contributed by atoms with Crippen LogP contribution in [0.2, 0.25) is 5.02 Å². The summed E-state index contributed by atoms with van der Waals surface area (Å²) >= 11 is 6.01. The molecule has 1 aromatic heterocycles. The van der Waals surface area contributed by atoms with Crippen molar-refractivity contribution in [2.75, 3.05) is 44.7 Å². The molecule has 2 heterocycles. The van der Waals surface area contributed by atoms with Crippen LogP contribution in [0.15, 0.2) is 30.6 Å². The Morgan fingerprint density at radius 3 is 2.73 bits per heavy atom. The molecular weight excluding hydrogens is 354 g/mol. The number of halogens is 1. The van der Waals surface area contributed by atoms with Crippen molar-refractivity contribution in [2.45, 2.75) is 6.92 Å². The molecule has 0 atom stereocenters. The second-order valence-electron chi connectivity index (χ2n) is 6.09. The number of amides is 1. The van der Waals surface area contributed by atoms with E-state index in [0.29, 0.717) is 23.1 Å². The lowest BCUT2D eigenvalue weighted by Gasteiger charge is -2.26. The quantitative estimate of drug-likeness (QED) is 0.806. The number of benzene rings is 1. The van der Waals surface area contributed by atoms with Crippen molar-refractivity contribution in [3.63, 3.8) is 0 Å². The van der Waals surface area contributed by atoms with E-state index < -0.39 is 0 Å². The molecule has 26 heavy (non-hydrogen) atoms. The SMILES string of the molecule is Cc1ccc(Cl)cc1Nc1ncc(C(=O)NCCN2CCOCC2)cn1. The maximum atomic E-state index is 12.2. The van der Waals surface area contributed by atoms with Gasteiger partial charge >= 0.3 is 0 Å². The number of hydrogen-bond donors (Lipinski definition) is 2. The van der Waals surface area contributed by atoms with E-state index in [2.05, 4.69) is 25.5 Å². The highest BCUT2D eigenvalue weighted by molar-refractivity contribution is 6.30. The maximum absolute atomic E-state index is 12.2. The fourth-order valence-corrected chi connectivity index (χ4v) is 2.79. The number of aryl methyl sites for hydroxylation is 1. The molecule has 1 saturated heterocycles. The van der Waals surface area contributed by atoms with E-state index in [0.717, 1.165) is 44.1 Å². The van der Waals surface area contributed by atoms with E-state index in [1.165, 1.54) is 12.4 Å².